The first-order chi connectivity index (χ1) is 8.86. The number of hydrogen-bond acceptors (Lipinski definition) is 6. The first kappa shape index (κ1) is 13.8. The molecule has 1 aromatic heterocycles. The average Bonchev–Trinajstić information content (AvgIpc) is 2.72. The molecule has 1 heterocycles. The summed E-state index contributed by atoms with van der Waals surface area (Å²) in [5, 5.41) is 11.0. The molecule has 0 bridgehead atoms. The van der Waals surface area contributed by atoms with Crippen LogP contribution >= 0.6 is 11.3 Å². The van der Waals surface area contributed by atoms with Crippen molar-refractivity contribution in [3.63, 3.8) is 0 Å². The zero-order chi connectivity index (χ0) is 14.0. The van der Waals surface area contributed by atoms with E-state index in [0.717, 1.165) is 10.7 Å². The fourth-order valence-corrected chi connectivity index (χ4v) is 3.03. The van der Waals surface area contributed by atoms with Crippen molar-refractivity contribution in [2.45, 2.75) is 18.4 Å². The Bertz CT molecular complexity index is 694. The summed E-state index contributed by atoms with van der Waals surface area (Å²) >= 11 is 1.51. The van der Waals surface area contributed by atoms with Crippen LogP contribution in [0, 0.1) is 6.92 Å². The van der Waals surface area contributed by atoms with E-state index in [9.17, 15) is 8.42 Å². The number of hydrogen-bond donors (Lipinski definition) is 3. The van der Waals surface area contributed by atoms with Crippen molar-refractivity contribution in [1.29, 1.82) is 0 Å². The van der Waals surface area contributed by atoms with E-state index < -0.39 is 10.0 Å². The number of nitrogens with two attached hydrogens (primary N) is 2. The second-order valence-electron chi connectivity index (χ2n) is 4.04. The van der Waals surface area contributed by atoms with E-state index in [4.69, 9.17) is 10.9 Å². The molecule has 2 aromatic rings. The molecule has 8 heteroatoms. The lowest BCUT2D eigenvalue weighted by Gasteiger charge is -2.10. The lowest BCUT2D eigenvalue weighted by molar-refractivity contribution is 0.598. The van der Waals surface area contributed by atoms with Gasteiger partial charge in [-0.15, -0.1) is 11.3 Å². The topological polar surface area (TPSA) is 111 Å². The van der Waals surface area contributed by atoms with Gasteiger partial charge in [0.15, 0.2) is 0 Å². The van der Waals surface area contributed by atoms with Gasteiger partial charge in [0, 0.05) is 16.8 Å². The molecule has 0 atom stereocenters. The van der Waals surface area contributed by atoms with Crippen LogP contribution in [0.15, 0.2) is 28.5 Å². The highest BCUT2D eigenvalue weighted by atomic mass is 32.2. The third kappa shape index (κ3) is 3.43. The first-order valence-corrected chi connectivity index (χ1v) is 7.86. The molecule has 5 N–H and O–H groups in total. The summed E-state index contributed by atoms with van der Waals surface area (Å²) in [6.45, 7) is 2.34. The van der Waals surface area contributed by atoms with Crippen molar-refractivity contribution in [2.24, 2.45) is 5.14 Å². The highest BCUT2D eigenvalue weighted by Crippen LogP contribution is 2.23. The minimum absolute atomic E-state index is 0.0132. The Labute approximate surface area is 115 Å². The van der Waals surface area contributed by atoms with Gasteiger partial charge in [0.05, 0.1) is 12.2 Å². The molecular formula is C11H14N4O2S2. The summed E-state index contributed by atoms with van der Waals surface area (Å²) in [5.41, 5.74) is 7.28. The van der Waals surface area contributed by atoms with Crippen molar-refractivity contribution in [3.05, 3.63) is 34.3 Å². The van der Waals surface area contributed by atoms with Crippen LogP contribution in [0.4, 0.5) is 11.4 Å². The van der Waals surface area contributed by atoms with Crippen LogP contribution in [0.5, 0.6) is 0 Å². The monoisotopic (exact) mass is 298 g/mol. The van der Waals surface area contributed by atoms with E-state index in [0.29, 0.717) is 17.9 Å². The predicted molar refractivity (Wildman–Crippen MR) is 76.4 cm³/mol. The van der Waals surface area contributed by atoms with Gasteiger partial charge in [0.2, 0.25) is 10.0 Å². The number of nitrogens with zero attached hydrogens (tertiary/aromatic N) is 1. The molecule has 0 aliphatic rings. The summed E-state index contributed by atoms with van der Waals surface area (Å²) in [6.07, 6.45) is 0. The highest BCUT2D eigenvalue weighted by Gasteiger charge is 2.14. The number of rotatable bonds is 4. The lowest BCUT2D eigenvalue weighted by atomic mass is 10.3. The van der Waals surface area contributed by atoms with Crippen molar-refractivity contribution >= 4 is 32.7 Å². The van der Waals surface area contributed by atoms with Gasteiger partial charge < -0.3 is 11.1 Å². The lowest BCUT2D eigenvalue weighted by Crippen LogP contribution is -2.15. The van der Waals surface area contributed by atoms with Crippen molar-refractivity contribution in [3.8, 4) is 0 Å². The summed E-state index contributed by atoms with van der Waals surface area (Å²) in [7, 11) is -3.81. The number of nitrogens with one attached hydrogen (secondary N) is 1. The van der Waals surface area contributed by atoms with E-state index in [-0.39, 0.29) is 4.90 Å². The second kappa shape index (κ2) is 5.16. The Kier molecular flexibility index (Phi) is 3.74. The Morgan fingerprint density at radius 3 is 2.74 bits per heavy atom. The molecule has 19 heavy (non-hydrogen) atoms. The Morgan fingerprint density at radius 1 is 1.42 bits per heavy atom. The maximum Gasteiger partial charge on any atom is 0.240 e. The largest absolute Gasteiger partial charge is 0.399 e. The van der Waals surface area contributed by atoms with Crippen LogP contribution in [0.25, 0.3) is 0 Å². The Morgan fingerprint density at radius 2 is 2.16 bits per heavy atom. The molecule has 0 saturated heterocycles. The van der Waals surface area contributed by atoms with Crippen LogP contribution in [0.1, 0.15) is 10.7 Å². The summed E-state index contributed by atoms with van der Waals surface area (Å²) in [5.74, 6) is 0. The fraction of sp³-hybridized carbons (Fsp3) is 0.182. The van der Waals surface area contributed by atoms with E-state index >= 15 is 0 Å². The van der Waals surface area contributed by atoms with Crippen molar-refractivity contribution < 1.29 is 8.42 Å². The third-order valence-electron chi connectivity index (χ3n) is 2.41. The van der Waals surface area contributed by atoms with Crippen LogP contribution in [0.2, 0.25) is 0 Å². The summed E-state index contributed by atoms with van der Waals surface area (Å²) < 4.78 is 23.0. The maximum atomic E-state index is 11.5. The van der Waals surface area contributed by atoms with E-state index in [1.54, 1.807) is 12.1 Å². The molecule has 102 valence electrons. The average molecular weight is 298 g/mol. The van der Waals surface area contributed by atoms with E-state index in [2.05, 4.69) is 10.3 Å². The molecule has 6 nitrogen and oxygen atoms in total. The van der Waals surface area contributed by atoms with E-state index in [1.165, 1.54) is 17.4 Å². The molecule has 0 unspecified atom stereocenters. The van der Waals surface area contributed by atoms with Gasteiger partial charge in [-0.3, -0.25) is 0 Å². The summed E-state index contributed by atoms with van der Waals surface area (Å²) in [4.78, 5) is 4.27. The van der Waals surface area contributed by atoms with E-state index in [1.807, 2.05) is 12.3 Å². The number of aromatic nitrogens is 1. The molecule has 0 fully saturated rings. The standard InChI is InChI=1S/C11H14N4O2S2/c1-7-6-18-11(15-7)5-14-9-3-2-8(12)4-10(9)19(13,16)17/h2-4,6,14H,5,12H2,1H3,(H2,13,16,17). The zero-order valence-electron chi connectivity index (χ0n) is 10.3. The van der Waals surface area contributed by atoms with Gasteiger partial charge in [-0.2, -0.15) is 0 Å². The normalized spacial score (nSPS) is 11.5. The molecule has 0 aliphatic heterocycles. The maximum absolute atomic E-state index is 11.5. The molecule has 1 aromatic carbocycles. The van der Waals surface area contributed by atoms with Gasteiger partial charge in [-0.1, -0.05) is 0 Å². The first-order valence-electron chi connectivity index (χ1n) is 5.43. The number of primary sulfonamides is 1. The van der Waals surface area contributed by atoms with Gasteiger partial charge in [0.1, 0.15) is 9.90 Å². The number of sulfonamides is 1. The van der Waals surface area contributed by atoms with Crippen LogP contribution in [-0.4, -0.2) is 13.4 Å². The van der Waals surface area contributed by atoms with Gasteiger partial charge in [-0.05, 0) is 25.1 Å². The minimum Gasteiger partial charge on any atom is -0.399 e. The minimum atomic E-state index is -3.81. The smallest absolute Gasteiger partial charge is 0.240 e. The molecule has 2 rings (SSSR count). The second-order valence-corrected chi connectivity index (χ2v) is 6.51. The number of thiazole rings is 1. The van der Waals surface area contributed by atoms with Gasteiger partial charge >= 0.3 is 0 Å². The quantitative estimate of drug-likeness (QED) is 0.737. The molecule has 0 spiro atoms. The number of benzene rings is 1. The van der Waals surface area contributed by atoms with Gasteiger partial charge in [-0.25, -0.2) is 18.5 Å². The molecule has 0 amide bonds. The number of nitrogen functional groups attached to an aromatic ring is 1. The van der Waals surface area contributed by atoms with Crippen molar-refractivity contribution in [2.75, 3.05) is 11.1 Å². The third-order valence-corrected chi connectivity index (χ3v) is 4.33. The van der Waals surface area contributed by atoms with Crippen LogP contribution in [-0.2, 0) is 16.6 Å². The summed E-state index contributed by atoms with van der Waals surface area (Å²) in [6, 6.07) is 4.55. The van der Waals surface area contributed by atoms with Crippen molar-refractivity contribution in [1.82, 2.24) is 4.98 Å². The predicted octanol–water partition coefficient (Wildman–Crippen LogP) is 1.29. The van der Waals surface area contributed by atoms with Gasteiger partial charge in [0.25, 0.3) is 0 Å². The fourth-order valence-electron chi connectivity index (χ4n) is 1.58. The molecule has 0 saturated carbocycles. The van der Waals surface area contributed by atoms with Crippen LogP contribution in [0.3, 0.4) is 0 Å². The number of anilines is 2. The highest BCUT2D eigenvalue weighted by molar-refractivity contribution is 7.89. The van der Waals surface area contributed by atoms with Crippen LogP contribution < -0.4 is 16.2 Å². The Balaban J connectivity index is 2.25. The zero-order valence-corrected chi connectivity index (χ0v) is 11.9. The number of aryl methyl sites for hydroxylation is 1. The molecule has 0 radical (unpaired) electrons. The molecular weight excluding hydrogens is 284 g/mol. The Hall–Kier alpha value is -1.64. The molecule has 0 aliphatic carbocycles. The SMILES string of the molecule is Cc1csc(CNc2ccc(N)cc2S(N)(=O)=O)n1.